The van der Waals surface area contributed by atoms with Gasteiger partial charge >= 0.3 is 12.3 Å². The Hall–Kier alpha value is -4.20. The Morgan fingerprint density at radius 3 is 2.48 bits per heavy atom. The van der Waals surface area contributed by atoms with Crippen molar-refractivity contribution in [3.05, 3.63) is 47.8 Å². The van der Waals surface area contributed by atoms with Gasteiger partial charge in [-0.05, 0) is 6.07 Å². The lowest BCUT2D eigenvalue weighted by atomic mass is 9.98. The van der Waals surface area contributed by atoms with Crippen molar-refractivity contribution in [1.29, 1.82) is 5.26 Å². The molecule has 0 aliphatic heterocycles. The molecule has 0 fully saturated rings. The summed E-state index contributed by atoms with van der Waals surface area (Å²) >= 11 is 0. The highest BCUT2D eigenvalue weighted by Crippen LogP contribution is 2.35. The van der Waals surface area contributed by atoms with E-state index in [2.05, 4.69) is 14.7 Å². The van der Waals surface area contributed by atoms with Crippen molar-refractivity contribution in [3.63, 3.8) is 0 Å². The number of fused-ring (bicyclic) bond motifs is 1. The first-order chi connectivity index (χ1) is 14.6. The number of benzene rings is 1. The lowest BCUT2D eigenvalue weighted by molar-refractivity contribution is -0.276. The van der Waals surface area contributed by atoms with Crippen molar-refractivity contribution in [3.8, 4) is 28.8 Å². The van der Waals surface area contributed by atoms with Gasteiger partial charge in [0.15, 0.2) is 11.5 Å². The molecule has 0 saturated carbocycles. The number of carbonyl (C=O) groups excluding carboxylic acids is 1. The van der Waals surface area contributed by atoms with Crippen LogP contribution in [0, 0.1) is 11.3 Å². The van der Waals surface area contributed by atoms with Gasteiger partial charge in [-0.3, -0.25) is 9.59 Å². The molecule has 3 aromatic rings. The van der Waals surface area contributed by atoms with Crippen LogP contribution in [0.25, 0.3) is 22.0 Å². The van der Waals surface area contributed by atoms with Crippen LogP contribution >= 0.6 is 0 Å². The van der Waals surface area contributed by atoms with Crippen molar-refractivity contribution in [1.82, 2.24) is 9.97 Å². The largest absolute Gasteiger partial charge is 0.574 e. The van der Waals surface area contributed by atoms with Crippen molar-refractivity contribution < 1.29 is 37.7 Å². The van der Waals surface area contributed by atoms with Crippen LogP contribution in [-0.4, -0.2) is 38.3 Å². The number of hydrogen-bond acceptors (Lipinski definition) is 7. The Balaban J connectivity index is 2.13. The zero-order valence-corrected chi connectivity index (χ0v) is 15.5. The number of hydrogen-bond donors (Lipinski definition) is 2. The molecule has 8 nitrogen and oxygen atoms in total. The summed E-state index contributed by atoms with van der Waals surface area (Å²) in [5, 5.41) is 28.8. The Morgan fingerprint density at radius 1 is 1.16 bits per heavy atom. The van der Waals surface area contributed by atoms with Gasteiger partial charge in [0.05, 0.1) is 11.9 Å². The van der Waals surface area contributed by atoms with Crippen molar-refractivity contribution >= 4 is 22.7 Å². The number of ether oxygens (including phenoxy) is 1. The van der Waals surface area contributed by atoms with Gasteiger partial charge in [0.25, 0.3) is 0 Å². The van der Waals surface area contributed by atoms with Gasteiger partial charge in [-0.25, -0.2) is 9.97 Å². The van der Waals surface area contributed by atoms with E-state index in [1.54, 1.807) is 12.1 Å². The number of alkyl halides is 3. The van der Waals surface area contributed by atoms with E-state index in [9.17, 15) is 33.1 Å². The minimum atomic E-state index is -4.90. The van der Waals surface area contributed by atoms with E-state index < -0.39 is 48.3 Å². The lowest BCUT2D eigenvalue weighted by Gasteiger charge is -2.12. The number of aromatic nitrogens is 2. The molecule has 158 valence electrons. The summed E-state index contributed by atoms with van der Waals surface area (Å²) in [4.78, 5) is 30.8. The zero-order chi connectivity index (χ0) is 22.8. The summed E-state index contributed by atoms with van der Waals surface area (Å²) in [7, 11) is 0. The van der Waals surface area contributed by atoms with Crippen LogP contribution in [0.15, 0.2) is 36.5 Å². The topological polar surface area (TPSA) is 133 Å². The van der Waals surface area contributed by atoms with E-state index in [4.69, 9.17) is 5.11 Å². The SMILES string of the molecule is N#Cc1c(O)c(C(=O)CCC(=O)O)nc2c(-c3ccc(OC(F)(F)F)nc3)cccc12. The van der Waals surface area contributed by atoms with Gasteiger partial charge in [-0.2, -0.15) is 5.26 Å². The summed E-state index contributed by atoms with van der Waals surface area (Å²) in [5.41, 5.74) is 0.0403. The highest BCUT2D eigenvalue weighted by atomic mass is 19.4. The summed E-state index contributed by atoms with van der Waals surface area (Å²) in [6, 6.07) is 8.62. The number of aliphatic carboxylic acids is 1. The van der Waals surface area contributed by atoms with E-state index in [1.165, 1.54) is 18.2 Å². The first-order valence-corrected chi connectivity index (χ1v) is 8.63. The summed E-state index contributed by atoms with van der Waals surface area (Å²) in [6.45, 7) is 0. The summed E-state index contributed by atoms with van der Waals surface area (Å²) in [6.07, 6.45) is -4.74. The second kappa shape index (κ2) is 8.27. The molecular weight excluding hydrogens is 419 g/mol. The molecule has 2 aromatic heterocycles. The predicted molar refractivity (Wildman–Crippen MR) is 99.2 cm³/mol. The normalized spacial score (nSPS) is 11.2. The number of nitriles is 1. The highest BCUT2D eigenvalue weighted by Gasteiger charge is 2.31. The van der Waals surface area contributed by atoms with Crippen LogP contribution < -0.4 is 4.74 Å². The smallest absolute Gasteiger partial charge is 0.504 e. The Labute approximate surface area is 172 Å². The zero-order valence-electron chi connectivity index (χ0n) is 15.5. The summed E-state index contributed by atoms with van der Waals surface area (Å²) in [5.74, 6) is -3.35. The second-order valence-corrected chi connectivity index (χ2v) is 6.25. The molecule has 2 N–H and O–H groups in total. The van der Waals surface area contributed by atoms with Crippen LogP contribution in [0.3, 0.4) is 0 Å². The molecule has 0 saturated heterocycles. The number of carbonyl (C=O) groups is 2. The third-order valence-corrected chi connectivity index (χ3v) is 4.20. The van der Waals surface area contributed by atoms with Crippen molar-refractivity contribution in [2.24, 2.45) is 0 Å². The number of nitrogens with zero attached hydrogens (tertiary/aromatic N) is 3. The number of ketones is 1. The number of carboxylic acids is 1. The van der Waals surface area contributed by atoms with Crippen LogP contribution in [-0.2, 0) is 4.79 Å². The maximum absolute atomic E-state index is 12.4. The number of pyridine rings is 2. The molecule has 1 aromatic carbocycles. The van der Waals surface area contributed by atoms with E-state index in [0.29, 0.717) is 11.1 Å². The van der Waals surface area contributed by atoms with Crippen LogP contribution in [0.5, 0.6) is 11.6 Å². The lowest BCUT2D eigenvalue weighted by Crippen LogP contribution is -2.17. The molecule has 3 rings (SSSR count). The minimum Gasteiger partial charge on any atom is -0.504 e. The first-order valence-electron chi connectivity index (χ1n) is 8.63. The van der Waals surface area contributed by atoms with Gasteiger partial charge in [-0.15, -0.1) is 13.2 Å². The highest BCUT2D eigenvalue weighted by molar-refractivity contribution is 6.05. The van der Waals surface area contributed by atoms with E-state index >= 15 is 0 Å². The van der Waals surface area contributed by atoms with E-state index in [-0.39, 0.29) is 16.5 Å². The molecule has 2 heterocycles. The average Bonchev–Trinajstić information content (AvgIpc) is 2.70. The molecule has 0 spiro atoms. The van der Waals surface area contributed by atoms with Gasteiger partial charge in [0.1, 0.15) is 17.3 Å². The molecule has 0 aliphatic carbocycles. The molecule has 0 aliphatic rings. The predicted octanol–water partition coefficient (Wildman–Crippen LogP) is 3.82. The van der Waals surface area contributed by atoms with Gasteiger partial charge in [0, 0.05) is 35.2 Å². The van der Waals surface area contributed by atoms with Crippen LogP contribution in [0.1, 0.15) is 28.9 Å². The average molecular weight is 431 g/mol. The van der Waals surface area contributed by atoms with Crippen LogP contribution in [0.2, 0.25) is 0 Å². The van der Waals surface area contributed by atoms with Gasteiger partial charge in [-0.1, -0.05) is 18.2 Å². The maximum atomic E-state index is 12.4. The number of aromatic hydroxyl groups is 1. The minimum absolute atomic E-state index is 0.113. The number of rotatable bonds is 6. The molecule has 0 atom stereocenters. The van der Waals surface area contributed by atoms with Crippen molar-refractivity contribution in [2.75, 3.05) is 0 Å². The number of Topliss-reactive ketones (excluding diaryl/α,β-unsaturated/α-hetero) is 1. The van der Waals surface area contributed by atoms with Gasteiger partial charge < -0.3 is 14.9 Å². The quantitative estimate of drug-likeness (QED) is 0.563. The Kier molecular flexibility index (Phi) is 5.74. The molecule has 31 heavy (non-hydrogen) atoms. The molecule has 0 radical (unpaired) electrons. The molecule has 0 amide bonds. The molecule has 0 unspecified atom stereocenters. The number of halogens is 3. The standard InChI is InChI=1S/C20H12F3N3O5/c21-20(22,23)31-15-6-4-10(9-25-15)11-2-1-3-12-13(8-24)19(30)18(26-17(11)12)14(27)5-7-16(28)29/h1-4,6,9,30H,5,7H2,(H,28,29). The fourth-order valence-corrected chi connectivity index (χ4v) is 2.87. The monoisotopic (exact) mass is 431 g/mol. The van der Waals surface area contributed by atoms with Crippen LogP contribution in [0.4, 0.5) is 13.2 Å². The molecular formula is C20H12F3N3O5. The second-order valence-electron chi connectivity index (χ2n) is 6.25. The van der Waals surface area contributed by atoms with Gasteiger partial charge in [0.2, 0.25) is 5.88 Å². The third-order valence-electron chi connectivity index (χ3n) is 4.20. The molecule has 11 heteroatoms. The van der Waals surface area contributed by atoms with Crippen molar-refractivity contribution in [2.45, 2.75) is 19.2 Å². The number of carboxylic acid groups (broad SMARTS) is 1. The Morgan fingerprint density at radius 2 is 1.90 bits per heavy atom. The third kappa shape index (κ3) is 4.69. The summed E-state index contributed by atoms with van der Waals surface area (Å²) < 4.78 is 40.7. The fourth-order valence-electron chi connectivity index (χ4n) is 2.87. The van der Waals surface area contributed by atoms with E-state index in [0.717, 1.165) is 12.3 Å². The Bertz CT molecular complexity index is 1220. The number of para-hydroxylation sites is 1. The maximum Gasteiger partial charge on any atom is 0.574 e. The van der Waals surface area contributed by atoms with E-state index in [1.807, 2.05) is 0 Å². The first kappa shape index (κ1) is 21.5. The molecule has 0 bridgehead atoms. The fraction of sp³-hybridized carbons (Fsp3) is 0.150.